The molecule has 0 fully saturated rings. The summed E-state index contributed by atoms with van der Waals surface area (Å²) in [6.45, 7) is 4.19. The summed E-state index contributed by atoms with van der Waals surface area (Å²) in [6.07, 6.45) is 2.14. The summed E-state index contributed by atoms with van der Waals surface area (Å²) in [6, 6.07) is 6.27. The van der Waals surface area contributed by atoms with Gasteiger partial charge in [-0.2, -0.15) is 11.8 Å². The average Bonchev–Trinajstić information content (AvgIpc) is 2.20. The first-order chi connectivity index (χ1) is 7.13. The molecule has 84 valence electrons. The Labute approximate surface area is 96.8 Å². The lowest BCUT2D eigenvalue weighted by molar-refractivity contribution is 0.349. The minimum Gasteiger partial charge on any atom is -0.399 e. The Morgan fingerprint density at radius 2 is 2.13 bits per heavy atom. The van der Waals surface area contributed by atoms with Crippen molar-refractivity contribution in [1.82, 2.24) is 4.90 Å². The summed E-state index contributed by atoms with van der Waals surface area (Å²) < 4.78 is 0. The summed E-state index contributed by atoms with van der Waals surface area (Å²) in [5.41, 5.74) is 9.17. The van der Waals surface area contributed by atoms with Gasteiger partial charge in [-0.3, -0.25) is 0 Å². The molecule has 0 saturated heterocycles. The maximum Gasteiger partial charge on any atom is 0.0343 e. The second-order valence-corrected chi connectivity index (χ2v) is 4.91. The number of hydrogen-bond donors (Lipinski definition) is 1. The van der Waals surface area contributed by atoms with Crippen molar-refractivity contribution in [3.63, 3.8) is 0 Å². The van der Waals surface area contributed by atoms with Crippen LogP contribution in [-0.2, 0) is 6.54 Å². The second kappa shape index (κ2) is 6.03. The number of rotatable bonds is 5. The van der Waals surface area contributed by atoms with Crippen molar-refractivity contribution in [3.8, 4) is 0 Å². The van der Waals surface area contributed by atoms with Crippen LogP contribution < -0.4 is 5.73 Å². The van der Waals surface area contributed by atoms with Crippen LogP contribution in [0.1, 0.15) is 11.1 Å². The summed E-state index contributed by atoms with van der Waals surface area (Å²) >= 11 is 1.88. The third kappa shape index (κ3) is 4.14. The SMILES string of the molecule is CSCCN(C)Cc1ccc(N)c(C)c1. The molecule has 0 aliphatic rings. The van der Waals surface area contributed by atoms with E-state index in [9.17, 15) is 0 Å². The standard InChI is InChI=1S/C12H20N2S/c1-10-8-11(4-5-12(10)13)9-14(2)6-7-15-3/h4-5,8H,6-7,9,13H2,1-3H3. The molecule has 0 aliphatic heterocycles. The highest BCUT2D eigenvalue weighted by Crippen LogP contribution is 2.13. The van der Waals surface area contributed by atoms with Crippen LogP contribution in [0.2, 0.25) is 0 Å². The molecule has 0 unspecified atom stereocenters. The zero-order valence-electron chi connectivity index (χ0n) is 9.79. The normalized spacial score (nSPS) is 10.9. The smallest absolute Gasteiger partial charge is 0.0343 e. The Morgan fingerprint density at radius 3 is 2.73 bits per heavy atom. The fourth-order valence-corrected chi connectivity index (χ4v) is 1.97. The topological polar surface area (TPSA) is 29.3 Å². The highest BCUT2D eigenvalue weighted by Gasteiger charge is 2.01. The van der Waals surface area contributed by atoms with Crippen molar-refractivity contribution in [2.75, 3.05) is 31.3 Å². The Morgan fingerprint density at radius 1 is 1.40 bits per heavy atom. The molecule has 3 heteroatoms. The number of nitrogens with two attached hydrogens (primary N) is 1. The molecule has 0 heterocycles. The fraction of sp³-hybridized carbons (Fsp3) is 0.500. The van der Waals surface area contributed by atoms with Gasteiger partial charge in [0.2, 0.25) is 0 Å². The van der Waals surface area contributed by atoms with Crippen molar-refractivity contribution >= 4 is 17.4 Å². The van der Waals surface area contributed by atoms with Crippen molar-refractivity contribution in [3.05, 3.63) is 29.3 Å². The van der Waals surface area contributed by atoms with Crippen LogP contribution >= 0.6 is 11.8 Å². The molecule has 0 radical (unpaired) electrons. The zero-order valence-corrected chi connectivity index (χ0v) is 10.6. The van der Waals surface area contributed by atoms with E-state index < -0.39 is 0 Å². The number of thioether (sulfide) groups is 1. The largest absolute Gasteiger partial charge is 0.399 e. The Hall–Kier alpha value is -0.670. The van der Waals surface area contributed by atoms with Gasteiger partial charge in [-0.25, -0.2) is 0 Å². The molecule has 2 nitrogen and oxygen atoms in total. The maximum atomic E-state index is 5.78. The van der Waals surface area contributed by atoms with Crippen molar-refractivity contribution < 1.29 is 0 Å². The maximum absolute atomic E-state index is 5.78. The zero-order chi connectivity index (χ0) is 11.3. The number of aryl methyl sites for hydroxylation is 1. The lowest BCUT2D eigenvalue weighted by atomic mass is 10.1. The van der Waals surface area contributed by atoms with E-state index in [1.165, 1.54) is 16.9 Å². The number of benzene rings is 1. The highest BCUT2D eigenvalue weighted by atomic mass is 32.2. The van der Waals surface area contributed by atoms with Gasteiger partial charge in [-0.15, -0.1) is 0 Å². The van der Waals surface area contributed by atoms with Gasteiger partial charge in [0.25, 0.3) is 0 Å². The van der Waals surface area contributed by atoms with Gasteiger partial charge in [-0.1, -0.05) is 12.1 Å². The minimum atomic E-state index is 0.880. The molecule has 0 bridgehead atoms. The van der Waals surface area contributed by atoms with Gasteiger partial charge in [0.1, 0.15) is 0 Å². The van der Waals surface area contributed by atoms with Crippen LogP contribution in [0, 0.1) is 6.92 Å². The van der Waals surface area contributed by atoms with Crippen LogP contribution in [0.5, 0.6) is 0 Å². The molecule has 1 rings (SSSR count). The number of nitrogens with zero attached hydrogens (tertiary/aromatic N) is 1. The fourth-order valence-electron chi connectivity index (χ4n) is 1.47. The second-order valence-electron chi connectivity index (χ2n) is 3.92. The molecule has 2 N–H and O–H groups in total. The Kier molecular flexibility index (Phi) is 4.99. The Balaban J connectivity index is 2.53. The molecule has 0 atom stereocenters. The van der Waals surface area contributed by atoms with Crippen LogP contribution in [0.15, 0.2) is 18.2 Å². The van der Waals surface area contributed by atoms with Crippen molar-refractivity contribution in [2.24, 2.45) is 0 Å². The highest BCUT2D eigenvalue weighted by molar-refractivity contribution is 7.98. The number of anilines is 1. The molecule has 1 aromatic carbocycles. The van der Waals surface area contributed by atoms with Crippen LogP contribution in [0.3, 0.4) is 0 Å². The number of nitrogen functional groups attached to an aromatic ring is 1. The van der Waals surface area contributed by atoms with E-state index in [2.05, 4.69) is 37.3 Å². The van der Waals surface area contributed by atoms with E-state index >= 15 is 0 Å². The predicted octanol–water partition coefficient (Wildman–Crippen LogP) is 2.37. The first-order valence-corrected chi connectivity index (χ1v) is 6.55. The first kappa shape index (κ1) is 12.4. The molecule has 1 aromatic rings. The van der Waals surface area contributed by atoms with Crippen LogP contribution in [0.25, 0.3) is 0 Å². The monoisotopic (exact) mass is 224 g/mol. The van der Waals surface area contributed by atoms with Crippen LogP contribution in [0.4, 0.5) is 5.69 Å². The van der Waals surface area contributed by atoms with Crippen molar-refractivity contribution in [2.45, 2.75) is 13.5 Å². The average molecular weight is 224 g/mol. The lowest BCUT2D eigenvalue weighted by Crippen LogP contribution is -2.20. The molecule has 0 aromatic heterocycles. The third-order valence-corrected chi connectivity index (χ3v) is 3.05. The summed E-state index contributed by atoms with van der Waals surface area (Å²) in [7, 11) is 2.15. The molecule has 0 aliphatic carbocycles. The molecule has 15 heavy (non-hydrogen) atoms. The number of hydrogen-bond acceptors (Lipinski definition) is 3. The van der Waals surface area contributed by atoms with Crippen molar-refractivity contribution in [1.29, 1.82) is 0 Å². The summed E-state index contributed by atoms with van der Waals surface area (Å²) in [4.78, 5) is 2.33. The van der Waals surface area contributed by atoms with E-state index in [0.29, 0.717) is 0 Å². The molecule has 0 spiro atoms. The van der Waals surface area contributed by atoms with Gasteiger partial charge in [0, 0.05) is 24.5 Å². The molecular weight excluding hydrogens is 204 g/mol. The van der Waals surface area contributed by atoms with Gasteiger partial charge < -0.3 is 10.6 Å². The lowest BCUT2D eigenvalue weighted by Gasteiger charge is -2.16. The molecule has 0 saturated carbocycles. The minimum absolute atomic E-state index is 0.880. The van der Waals surface area contributed by atoms with Gasteiger partial charge in [-0.05, 0) is 37.4 Å². The predicted molar refractivity (Wildman–Crippen MR) is 70.3 cm³/mol. The van der Waals surface area contributed by atoms with E-state index in [-0.39, 0.29) is 0 Å². The van der Waals surface area contributed by atoms with E-state index in [1.54, 1.807) is 0 Å². The summed E-state index contributed by atoms with van der Waals surface area (Å²) in [5.74, 6) is 1.18. The molecular formula is C12H20N2S. The van der Waals surface area contributed by atoms with Crippen LogP contribution in [-0.4, -0.2) is 30.5 Å². The van der Waals surface area contributed by atoms with Gasteiger partial charge >= 0.3 is 0 Å². The molecule has 0 amide bonds. The summed E-state index contributed by atoms with van der Waals surface area (Å²) in [5, 5.41) is 0. The Bertz CT molecular complexity index is 312. The van der Waals surface area contributed by atoms with E-state index in [4.69, 9.17) is 5.73 Å². The third-order valence-electron chi connectivity index (χ3n) is 2.46. The van der Waals surface area contributed by atoms with E-state index in [0.717, 1.165) is 18.8 Å². The first-order valence-electron chi connectivity index (χ1n) is 5.16. The van der Waals surface area contributed by atoms with E-state index in [1.807, 2.05) is 17.8 Å². The quantitative estimate of drug-likeness (QED) is 0.779. The van der Waals surface area contributed by atoms with Gasteiger partial charge in [0.15, 0.2) is 0 Å². The van der Waals surface area contributed by atoms with Gasteiger partial charge in [0.05, 0.1) is 0 Å².